The van der Waals surface area contributed by atoms with Crippen molar-refractivity contribution in [3.63, 3.8) is 0 Å². The van der Waals surface area contributed by atoms with Gasteiger partial charge in [-0.25, -0.2) is 13.1 Å². The van der Waals surface area contributed by atoms with Crippen LogP contribution in [0.4, 0.5) is 5.69 Å². The summed E-state index contributed by atoms with van der Waals surface area (Å²) in [6.07, 6.45) is 0. The van der Waals surface area contributed by atoms with Crippen molar-refractivity contribution in [2.45, 2.75) is 31.7 Å². The van der Waals surface area contributed by atoms with Gasteiger partial charge in [-0.05, 0) is 37.6 Å². The number of anilines is 1. The fourth-order valence-electron chi connectivity index (χ4n) is 2.36. The lowest BCUT2D eigenvalue weighted by Gasteiger charge is -2.16. The molecule has 0 fully saturated rings. The average Bonchev–Trinajstić information content (AvgIpc) is 2.56. The predicted octanol–water partition coefficient (Wildman–Crippen LogP) is 3.08. The molecule has 0 heterocycles. The van der Waals surface area contributed by atoms with Crippen molar-refractivity contribution in [3.05, 3.63) is 54.1 Å². The van der Waals surface area contributed by atoms with Crippen LogP contribution in [0.1, 0.15) is 32.4 Å². The van der Waals surface area contributed by atoms with E-state index in [-0.39, 0.29) is 16.8 Å². The maximum Gasteiger partial charge on any atom is 0.241 e. The summed E-state index contributed by atoms with van der Waals surface area (Å²) in [5.74, 6) is 0.119. The maximum absolute atomic E-state index is 12.7. The molecule has 25 heavy (non-hydrogen) atoms. The van der Waals surface area contributed by atoms with E-state index in [9.17, 15) is 13.2 Å². The van der Waals surface area contributed by atoms with Crippen molar-refractivity contribution in [3.8, 4) is 5.75 Å². The zero-order valence-corrected chi connectivity index (χ0v) is 15.3. The number of ether oxygens (including phenoxy) is 1. The Morgan fingerprint density at radius 2 is 1.84 bits per heavy atom. The second kappa shape index (κ2) is 8.13. The third kappa shape index (κ3) is 5.04. The Bertz CT molecular complexity index is 835. The topological polar surface area (TPSA) is 84.5 Å². The predicted molar refractivity (Wildman–Crippen MR) is 97.1 cm³/mol. The highest BCUT2D eigenvalue weighted by Gasteiger charge is 2.20. The molecule has 0 aliphatic heterocycles. The van der Waals surface area contributed by atoms with E-state index >= 15 is 0 Å². The van der Waals surface area contributed by atoms with Crippen LogP contribution in [0.25, 0.3) is 0 Å². The third-order valence-corrected chi connectivity index (χ3v) is 5.04. The Balaban J connectivity index is 2.30. The average molecular weight is 362 g/mol. The summed E-state index contributed by atoms with van der Waals surface area (Å²) >= 11 is 0. The number of sulfonamides is 1. The minimum Gasteiger partial charge on any atom is -0.492 e. The fourth-order valence-corrected chi connectivity index (χ4v) is 3.61. The van der Waals surface area contributed by atoms with Crippen LogP contribution in [0.15, 0.2) is 53.4 Å². The van der Waals surface area contributed by atoms with Crippen LogP contribution in [0.3, 0.4) is 0 Å². The van der Waals surface area contributed by atoms with Crippen LogP contribution in [0.5, 0.6) is 5.75 Å². The summed E-state index contributed by atoms with van der Waals surface area (Å²) in [5.41, 5.74) is 1.18. The number of nitrogens with one attached hydrogen (secondary N) is 2. The number of rotatable bonds is 7. The Morgan fingerprint density at radius 1 is 1.16 bits per heavy atom. The summed E-state index contributed by atoms with van der Waals surface area (Å²) in [5, 5.41) is 2.60. The zero-order chi connectivity index (χ0) is 18.4. The first-order valence-electron chi connectivity index (χ1n) is 7.95. The molecule has 1 amide bonds. The Hall–Kier alpha value is -2.38. The highest BCUT2D eigenvalue weighted by molar-refractivity contribution is 7.89. The van der Waals surface area contributed by atoms with E-state index in [0.29, 0.717) is 18.0 Å². The van der Waals surface area contributed by atoms with Gasteiger partial charge >= 0.3 is 0 Å². The molecule has 0 spiro atoms. The van der Waals surface area contributed by atoms with Gasteiger partial charge in [0, 0.05) is 13.0 Å². The molecule has 1 unspecified atom stereocenters. The molecule has 0 aliphatic carbocycles. The van der Waals surface area contributed by atoms with Gasteiger partial charge in [-0.15, -0.1) is 0 Å². The number of carbonyl (C=O) groups excluding carboxylic acids is 1. The van der Waals surface area contributed by atoms with E-state index in [2.05, 4.69) is 10.0 Å². The quantitative estimate of drug-likeness (QED) is 0.793. The first-order valence-corrected chi connectivity index (χ1v) is 9.43. The van der Waals surface area contributed by atoms with E-state index in [1.807, 2.05) is 37.3 Å². The van der Waals surface area contributed by atoms with Crippen LogP contribution in [0.2, 0.25) is 0 Å². The van der Waals surface area contributed by atoms with E-state index in [1.165, 1.54) is 25.1 Å². The van der Waals surface area contributed by atoms with Crippen LogP contribution in [0, 0.1) is 0 Å². The van der Waals surface area contributed by atoms with Crippen LogP contribution >= 0.6 is 0 Å². The van der Waals surface area contributed by atoms with Gasteiger partial charge in [0.15, 0.2) is 0 Å². The molecule has 134 valence electrons. The van der Waals surface area contributed by atoms with Gasteiger partial charge in [0.2, 0.25) is 15.9 Å². The van der Waals surface area contributed by atoms with E-state index in [1.54, 1.807) is 6.92 Å². The van der Waals surface area contributed by atoms with Crippen molar-refractivity contribution in [1.29, 1.82) is 0 Å². The van der Waals surface area contributed by atoms with Crippen LogP contribution in [-0.4, -0.2) is 20.9 Å². The molecular formula is C18H22N2O4S. The molecular weight excluding hydrogens is 340 g/mol. The third-order valence-electron chi connectivity index (χ3n) is 3.50. The molecule has 7 heteroatoms. The highest BCUT2D eigenvalue weighted by atomic mass is 32.2. The second-order valence-corrected chi connectivity index (χ2v) is 7.24. The van der Waals surface area contributed by atoms with Crippen molar-refractivity contribution in [1.82, 2.24) is 4.72 Å². The Labute approximate surface area is 148 Å². The van der Waals surface area contributed by atoms with Crippen molar-refractivity contribution in [2.24, 2.45) is 0 Å². The lowest BCUT2D eigenvalue weighted by Crippen LogP contribution is -2.27. The molecule has 2 aromatic carbocycles. The van der Waals surface area contributed by atoms with Gasteiger partial charge in [-0.1, -0.05) is 30.3 Å². The molecule has 2 rings (SSSR count). The lowest BCUT2D eigenvalue weighted by atomic mass is 10.1. The Morgan fingerprint density at radius 3 is 2.44 bits per heavy atom. The standard InChI is InChI=1S/C18H22N2O4S/c1-4-24-18-11-10-16(12-17(18)19-14(3)21)25(22,23)20-13(2)15-8-6-5-7-9-15/h5-13,20H,4H2,1-3H3,(H,19,21). The summed E-state index contributed by atoms with van der Waals surface area (Å²) in [6, 6.07) is 13.3. The number of amides is 1. The van der Waals surface area contributed by atoms with E-state index in [0.717, 1.165) is 5.56 Å². The molecule has 2 N–H and O–H groups in total. The normalized spacial score (nSPS) is 12.4. The molecule has 6 nitrogen and oxygen atoms in total. The largest absolute Gasteiger partial charge is 0.492 e. The first kappa shape index (κ1) is 19.0. The lowest BCUT2D eigenvalue weighted by molar-refractivity contribution is -0.114. The summed E-state index contributed by atoms with van der Waals surface area (Å²) in [7, 11) is -3.75. The molecule has 2 aromatic rings. The molecule has 0 saturated carbocycles. The van der Waals surface area contributed by atoms with Crippen molar-refractivity contribution in [2.75, 3.05) is 11.9 Å². The number of hydrogen-bond donors (Lipinski definition) is 2. The number of benzene rings is 2. The van der Waals surface area contributed by atoms with Gasteiger partial charge < -0.3 is 10.1 Å². The number of hydrogen-bond acceptors (Lipinski definition) is 4. The van der Waals surface area contributed by atoms with Gasteiger partial charge in [0.25, 0.3) is 0 Å². The molecule has 0 aromatic heterocycles. The zero-order valence-electron chi connectivity index (χ0n) is 14.4. The van der Waals surface area contributed by atoms with Crippen LogP contribution in [-0.2, 0) is 14.8 Å². The summed E-state index contributed by atoms with van der Waals surface area (Å²) in [4.78, 5) is 11.4. The maximum atomic E-state index is 12.7. The smallest absolute Gasteiger partial charge is 0.241 e. The number of carbonyl (C=O) groups is 1. The molecule has 0 radical (unpaired) electrons. The molecule has 1 atom stereocenters. The van der Waals surface area contributed by atoms with Crippen molar-refractivity contribution < 1.29 is 17.9 Å². The van der Waals surface area contributed by atoms with Crippen molar-refractivity contribution >= 4 is 21.6 Å². The fraction of sp³-hybridized carbons (Fsp3) is 0.278. The van der Waals surface area contributed by atoms with Gasteiger partial charge in [0.1, 0.15) is 5.75 Å². The van der Waals surface area contributed by atoms with Gasteiger partial charge in [-0.2, -0.15) is 0 Å². The molecule has 0 saturated heterocycles. The van der Waals surface area contributed by atoms with Gasteiger partial charge in [0.05, 0.1) is 17.2 Å². The second-order valence-electron chi connectivity index (χ2n) is 5.53. The summed E-state index contributed by atoms with van der Waals surface area (Å²) < 4.78 is 33.4. The Kier molecular flexibility index (Phi) is 6.17. The van der Waals surface area contributed by atoms with Crippen LogP contribution < -0.4 is 14.8 Å². The minimum atomic E-state index is -3.75. The summed E-state index contributed by atoms with van der Waals surface area (Å²) in [6.45, 7) is 5.34. The SMILES string of the molecule is CCOc1ccc(S(=O)(=O)NC(C)c2ccccc2)cc1NC(C)=O. The monoisotopic (exact) mass is 362 g/mol. The first-order chi connectivity index (χ1) is 11.8. The minimum absolute atomic E-state index is 0.0579. The van der Waals surface area contributed by atoms with E-state index < -0.39 is 10.0 Å². The highest BCUT2D eigenvalue weighted by Crippen LogP contribution is 2.28. The molecule has 0 bridgehead atoms. The van der Waals surface area contributed by atoms with E-state index in [4.69, 9.17) is 4.74 Å². The molecule has 0 aliphatic rings. The van der Waals surface area contributed by atoms with Gasteiger partial charge in [-0.3, -0.25) is 4.79 Å².